The number of nitrogens with two attached hydrogens (primary N) is 1. The van der Waals surface area contributed by atoms with E-state index in [0.29, 0.717) is 11.7 Å². The van der Waals surface area contributed by atoms with Crippen LogP contribution in [-0.4, -0.2) is 46.5 Å². The molecule has 1 amide bonds. The Morgan fingerprint density at radius 2 is 1.92 bits per heavy atom. The number of aromatic nitrogens is 2. The highest BCUT2D eigenvalue weighted by Gasteiger charge is 2.23. The molecule has 1 fully saturated rings. The lowest BCUT2D eigenvalue weighted by Crippen LogP contribution is -2.40. The standard InChI is InChI=1S/C17H23N5O3/c18-11-9-14-16(20-6-5-19-14)15(10-11)21-12-1-3-13(4-2-12)22-17(24)25-8-7-23/h5-6,9-10,12-13,21,23H,1-4,7-8,18H2,(H,22,24). The Kier molecular flexibility index (Phi) is 5.49. The van der Waals surface area contributed by atoms with E-state index >= 15 is 0 Å². The first-order valence-electron chi connectivity index (χ1n) is 8.46. The van der Waals surface area contributed by atoms with Gasteiger partial charge in [0.2, 0.25) is 0 Å². The molecular formula is C17H23N5O3. The molecule has 1 aromatic carbocycles. The van der Waals surface area contributed by atoms with Crippen molar-refractivity contribution in [2.24, 2.45) is 0 Å². The summed E-state index contributed by atoms with van der Waals surface area (Å²) >= 11 is 0. The van der Waals surface area contributed by atoms with Gasteiger partial charge >= 0.3 is 6.09 Å². The number of carbonyl (C=O) groups is 1. The summed E-state index contributed by atoms with van der Waals surface area (Å²) in [7, 11) is 0. The van der Waals surface area contributed by atoms with Gasteiger partial charge in [0.05, 0.1) is 17.8 Å². The monoisotopic (exact) mass is 345 g/mol. The van der Waals surface area contributed by atoms with Gasteiger partial charge in [0, 0.05) is 30.2 Å². The molecule has 0 saturated heterocycles. The molecule has 1 aliphatic carbocycles. The second-order valence-corrected chi connectivity index (χ2v) is 6.19. The molecule has 8 nitrogen and oxygen atoms in total. The molecule has 1 aromatic heterocycles. The Labute approximate surface area is 145 Å². The van der Waals surface area contributed by atoms with Gasteiger partial charge in [-0.3, -0.25) is 9.97 Å². The van der Waals surface area contributed by atoms with Crippen LogP contribution < -0.4 is 16.4 Å². The highest BCUT2D eigenvalue weighted by atomic mass is 16.6. The average Bonchev–Trinajstić information content (AvgIpc) is 2.61. The lowest BCUT2D eigenvalue weighted by molar-refractivity contribution is 0.114. The minimum absolute atomic E-state index is 0.0201. The third-order valence-corrected chi connectivity index (χ3v) is 4.33. The van der Waals surface area contributed by atoms with Gasteiger partial charge in [-0.2, -0.15) is 0 Å². The molecule has 2 aromatic rings. The minimum Gasteiger partial charge on any atom is -0.447 e. The number of nitrogens with one attached hydrogen (secondary N) is 2. The maximum absolute atomic E-state index is 11.5. The van der Waals surface area contributed by atoms with Crippen LogP contribution in [0.3, 0.4) is 0 Å². The van der Waals surface area contributed by atoms with Gasteiger partial charge in [0.1, 0.15) is 12.1 Å². The van der Waals surface area contributed by atoms with Crippen molar-refractivity contribution in [1.29, 1.82) is 0 Å². The number of nitrogen functional groups attached to an aromatic ring is 1. The smallest absolute Gasteiger partial charge is 0.407 e. The summed E-state index contributed by atoms with van der Waals surface area (Å²) < 4.78 is 4.83. The Morgan fingerprint density at radius 1 is 1.20 bits per heavy atom. The molecule has 25 heavy (non-hydrogen) atoms. The van der Waals surface area contributed by atoms with Gasteiger partial charge in [-0.05, 0) is 37.8 Å². The molecule has 0 unspecified atom stereocenters. The van der Waals surface area contributed by atoms with Crippen molar-refractivity contribution >= 4 is 28.5 Å². The third kappa shape index (κ3) is 4.48. The summed E-state index contributed by atoms with van der Waals surface area (Å²) in [6.07, 6.45) is 6.40. The first-order valence-corrected chi connectivity index (χ1v) is 8.46. The molecule has 0 bridgehead atoms. The number of hydrogen-bond acceptors (Lipinski definition) is 7. The fourth-order valence-electron chi connectivity index (χ4n) is 3.16. The number of alkyl carbamates (subject to hydrolysis) is 1. The summed E-state index contributed by atoms with van der Waals surface area (Å²) in [5.74, 6) is 0. The van der Waals surface area contributed by atoms with Gasteiger partial charge in [0.25, 0.3) is 0 Å². The van der Waals surface area contributed by atoms with E-state index in [-0.39, 0.29) is 19.3 Å². The SMILES string of the molecule is Nc1cc(NC2CCC(NC(=O)OCCO)CC2)c2nccnc2c1. The predicted octanol–water partition coefficient (Wildman–Crippen LogP) is 1.65. The Morgan fingerprint density at radius 3 is 2.68 bits per heavy atom. The maximum Gasteiger partial charge on any atom is 0.407 e. The van der Waals surface area contributed by atoms with Crippen LogP contribution in [0.2, 0.25) is 0 Å². The second-order valence-electron chi connectivity index (χ2n) is 6.19. The Balaban J connectivity index is 1.57. The number of rotatable bonds is 5. The van der Waals surface area contributed by atoms with Crippen molar-refractivity contribution < 1.29 is 14.6 Å². The quantitative estimate of drug-likeness (QED) is 0.608. The molecule has 0 radical (unpaired) electrons. The molecule has 0 aliphatic heterocycles. The van der Waals surface area contributed by atoms with E-state index < -0.39 is 6.09 Å². The van der Waals surface area contributed by atoms with Gasteiger partial charge in [-0.1, -0.05) is 0 Å². The van der Waals surface area contributed by atoms with E-state index in [4.69, 9.17) is 15.6 Å². The second kappa shape index (κ2) is 7.98. The van der Waals surface area contributed by atoms with Crippen LogP contribution in [0.4, 0.5) is 16.2 Å². The van der Waals surface area contributed by atoms with Crippen LogP contribution in [0.15, 0.2) is 24.5 Å². The molecular weight excluding hydrogens is 322 g/mol. The molecule has 5 N–H and O–H groups in total. The van der Waals surface area contributed by atoms with Crippen molar-refractivity contribution in [3.05, 3.63) is 24.5 Å². The van der Waals surface area contributed by atoms with E-state index in [1.54, 1.807) is 12.4 Å². The summed E-state index contributed by atoms with van der Waals surface area (Å²) in [6, 6.07) is 4.08. The number of anilines is 2. The number of hydrogen-bond donors (Lipinski definition) is 4. The highest BCUT2D eigenvalue weighted by molar-refractivity contribution is 5.90. The molecule has 1 saturated carbocycles. The number of amides is 1. The van der Waals surface area contributed by atoms with Gasteiger partial charge in [-0.25, -0.2) is 4.79 Å². The van der Waals surface area contributed by atoms with Crippen LogP contribution in [0.25, 0.3) is 11.0 Å². The number of benzene rings is 1. The number of aliphatic hydroxyl groups excluding tert-OH is 1. The average molecular weight is 345 g/mol. The molecule has 1 aliphatic rings. The normalized spacial score (nSPS) is 20.2. The van der Waals surface area contributed by atoms with Crippen LogP contribution >= 0.6 is 0 Å². The summed E-state index contributed by atoms with van der Waals surface area (Å²) in [4.78, 5) is 20.2. The van der Waals surface area contributed by atoms with Crippen molar-refractivity contribution in [2.75, 3.05) is 24.3 Å². The van der Waals surface area contributed by atoms with Crippen molar-refractivity contribution in [2.45, 2.75) is 37.8 Å². The highest BCUT2D eigenvalue weighted by Crippen LogP contribution is 2.27. The zero-order chi connectivity index (χ0) is 17.6. The van der Waals surface area contributed by atoms with Crippen molar-refractivity contribution in [1.82, 2.24) is 15.3 Å². The lowest BCUT2D eigenvalue weighted by atomic mass is 9.91. The van der Waals surface area contributed by atoms with E-state index in [9.17, 15) is 4.79 Å². The van der Waals surface area contributed by atoms with Crippen LogP contribution in [0, 0.1) is 0 Å². The first kappa shape index (κ1) is 17.2. The largest absolute Gasteiger partial charge is 0.447 e. The molecule has 0 atom stereocenters. The Hall–Kier alpha value is -2.61. The fourth-order valence-corrected chi connectivity index (χ4v) is 3.16. The van der Waals surface area contributed by atoms with Crippen LogP contribution in [0.1, 0.15) is 25.7 Å². The van der Waals surface area contributed by atoms with Crippen LogP contribution in [0.5, 0.6) is 0 Å². The number of carbonyl (C=O) groups excluding carboxylic acids is 1. The number of fused-ring (bicyclic) bond motifs is 1. The number of nitrogens with zero attached hydrogens (tertiary/aromatic N) is 2. The zero-order valence-electron chi connectivity index (χ0n) is 13.9. The first-order chi connectivity index (χ1) is 12.2. The summed E-state index contributed by atoms with van der Waals surface area (Å²) in [5.41, 5.74) is 9.08. The van der Waals surface area contributed by atoms with Gasteiger partial charge in [-0.15, -0.1) is 0 Å². The molecule has 0 spiro atoms. The minimum atomic E-state index is -0.470. The number of aliphatic hydroxyl groups is 1. The fraction of sp³-hybridized carbons (Fsp3) is 0.471. The topological polar surface area (TPSA) is 122 Å². The van der Waals surface area contributed by atoms with Crippen LogP contribution in [-0.2, 0) is 4.74 Å². The molecule has 8 heteroatoms. The van der Waals surface area contributed by atoms with E-state index in [2.05, 4.69) is 20.6 Å². The van der Waals surface area contributed by atoms with Gasteiger partial charge < -0.3 is 26.2 Å². The summed E-state index contributed by atoms with van der Waals surface area (Å²) in [5, 5.41) is 15.0. The third-order valence-electron chi connectivity index (χ3n) is 4.33. The molecule has 3 rings (SSSR count). The Bertz CT molecular complexity index is 731. The van der Waals surface area contributed by atoms with E-state index in [1.165, 1.54) is 0 Å². The maximum atomic E-state index is 11.5. The van der Waals surface area contributed by atoms with Crippen molar-refractivity contribution in [3.63, 3.8) is 0 Å². The zero-order valence-corrected chi connectivity index (χ0v) is 13.9. The van der Waals surface area contributed by atoms with E-state index in [0.717, 1.165) is 42.4 Å². The van der Waals surface area contributed by atoms with E-state index in [1.807, 2.05) is 12.1 Å². The number of ether oxygens (including phenoxy) is 1. The van der Waals surface area contributed by atoms with Gasteiger partial charge in [0.15, 0.2) is 0 Å². The van der Waals surface area contributed by atoms with Crippen molar-refractivity contribution in [3.8, 4) is 0 Å². The molecule has 134 valence electrons. The predicted molar refractivity (Wildman–Crippen MR) is 95.2 cm³/mol. The lowest BCUT2D eigenvalue weighted by Gasteiger charge is -2.30. The molecule has 1 heterocycles. The summed E-state index contributed by atoms with van der Waals surface area (Å²) in [6.45, 7) is -0.145.